The predicted octanol–water partition coefficient (Wildman–Crippen LogP) is 6.44. The summed E-state index contributed by atoms with van der Waals surface area (Å²) in [6, 6.07) is 29.8. The lowest BCUT2D eigenvalue weighted by Gasteiger charge is -2.01. The first-order valence-corrected chi connectivity index (χ1v) is 12.5. The minimum Gasteiger partial charge on any atom is -0.297 e. The summed E-state index contributed by atoms with van der Waals surface area (Å²) in [5.41, 5.74) is 5.48. The van der Waals surface area contributed by atoms with Gasteiger partial charge in [-0.2, -0.15) is 10.4 Å². The Morgan fingerprint density at radius 2 is 1.73 bits per heavy atom. The maximum Gasteiger partial charge on any atom is 0.268 e. The van der Waals surface area contributed by atoms with Crippen LogP contribution in [0.5, 0.6) is 0 Å². The van der Waals surface area contributed by atoms with Crippen molar-refractivity contribution in [3.63, 3.8) is 0 Å². The van der Waals surface area contributed by atoms with E-state index in [1.165, 1.54) is 22.5 Å². The zero-order valence-electron chi connectivity index (χ0n) is 20.1. The predicted molar refractivity (Wildman–Crippen MR) is 147 cm³/mol. The Bertz CT molecular complexity index is 1590. The molecule has 2 aromatic heterocycles. The molecule has 0 bridgehead atoms. The molecular weight excluding hydrogens is 478 g/mol. The molecule has 0 aliphatic carbocycles. The van der Waals surface area contributed by atoms with Crippen molar-refractivity contribution in [2.24, 2.45) is 0 Å². The lowest BCUT2D eigenvalue weighted by Crippen LogP contribution is -2.13. The van der Waals surface area contributed by atoms with E-state index in [4.69, 9.17) is 5.10 Å². The molecule has 0 unspecified atom stereocenters. The van der Waals surface area contributed by atoms with Crippen LogP contribution in [0.4, 0.5) is 5.13 Å². The quantitative estimate of drug-likeness (QED) is 0.205. The zero-order valence-corrected chi connectivity index (χ0v) is 20.9. The van der Waals surface area contributed by atoms with Crippen LogP contribution in [-0.4, -0.2) is 20.7 Å². The molecule has 1 amide bonds. The van der Waals surface area contributed by atoms with Crippen LogP contribution in [0.2, 0.25) is 0 Å². The number of anilines is 1. The monoisotopic (exact) mass is 501 g/mol. The minimum atomic E-state index is -0.509. The molecule has 6 nitrogen and oxygen atoms in total. The number of carbonyl (C=O) groups excluding carboxylic acids is 1. The largest absolute Gasteiger partial charge is 0.297 e. The van der Waals surface area contributed by atoms with Gasteiger partial charge in [-0.3, -0.25) is 10.1 Å². The number of thiazole rings is 1. The first-order valence-electron chi connectivity index (χ1n) is 11.7. The number of benzene rings is 3. The van der Waals surface area contributed by atoms with Crippen LogP contribution in [0.1, 0.15) is 21.6 Å². The Balaban J connectivity index is 1.40. The van der Waals surface area contributed by atoms with Crippen molar-refractivity contribution in [1.82, 2.24) is 14.8 Å². The van der Waals surface area contributed by atoms with Crippen molar-refractivity contribution >= 4 is 28.5 Å². The van der Waals surface area contributed by atoms with Crippen molar-refractivity contribution in [1.29, 1.82) is 5.26 Å². The van der Waals surface area contributed by atoms with E-state index < -0.39 is 5.91 Å². The number of rotatable bonds is 7. The van der Waals surface area contributed by atoms with Crippen LogP contribution in [-0.2, 0) is 11.2 Å². The summed E-state index contributed by atoms with van der Waals surface area (Å²) < 4.78 is 1.75. The maximum absolute atomic E-state index is 13.0. The number of hydrogen-bond acceptors (Lipinski definition) is 5. The third-order valence-electron chi connectivity index (χ3n) is 5.75. The molecule has 180 valence electrons. The second-order valence-electron chi connectivity index (χ2n) is 8.50. The number of carbonyl (C=O) groups is 1. The molecule has 0 aliphatic rings. The van der Waals surface area contributed by atoms with Crippen molar-refractivity contribution in [3.8, 4) is 23.0 Å². The molecule has 0 aliphatic heterocycles. The molecule has 0 saturated heterocycles. The van der Waals surface area contributed by atoms with Gasteiger partial charge in [0.15, 0.2) is 5.13 Å². The fourth-order valence-electron chi connectivity index (χ4n) is 3.85. The topological polar surface area (TPSA) is 83.6 Å². The number of para-hydroxylation sites is 1. The van der Waals surface area contributed by atoms with Gasteiger partial charge in [0.05, 0.1) is 11.4 Å². The highest BCUT2D eigenvalue weighted by molar-refractivity contribution is 7.15. The summed E-state index contributed by atoms with van der Waals surface area (Å²) in [6.07, 6.45) is 5.89. The average Bonchev–Trinajstić information content (AvgIpc) is 3.56. The van der Waals surface area contributed by atoms with E-state index in [2.05, 4.69) is 41.5 Å². The summed E-state index contributed by atoms with van der Waals surface area (Å²) in [5.74, 6) is -0.509. The summed E-state index contributed by atoms with van der Waals surface area (Å²) >= 11 is 1.40. The maximum atomic E-state index is 13.0. The Hall–Kier alpha value is -4.80. The lowest BCUT2D eigenvalue weighted by atomic mass is 10.1. The van der Waals surface area contributed by atoms with Crippen LogP contribution < -0.4 is 5.32 Å². The number of aromatic nitrogens is 3. The van der Waals surface area contributed by atoms with Gasteiger partial charge in [-0.1, -0.05) is 78.4 Å². The number of hydrogen-bond donors (Lipinski definition) is 1. The second kappa shape index (κ2) is 10.9. The van der Waals surface area contributed by atoms with E-state index in [9.17, 15) is 10.1 Å². The van der Waals surface area contributed by atoms with Gasteiger partial charge in [-0.15, -0.1) is 11.3 Å². The van der Waals surface area contributed by atoms with Gasteiger partial charge in [0.1, 0.15) is 11.6 Å². The van der Waals surface area contributed by atoms with Gasteiger partial charge in [0.2, 0.25) is 0 Å². The van der Waals surface area contributed by atoms with E-state index in [0.29, 0.717) is 16.4 Å². The number of aryl methyl sites for hydroxylation is 1. The highest BCUT2D eigenvalue weighted by atomic mass is 32.1. The van der Waals surface area contributed by atoms with Crippen LogP contribution in [0.15, 0.2) is 103 Å². The van der Waals surface area contributed by atoms with Crippen molar-refractivity contribution in [3.05, 3.63) is 124 Å². The summed E-state index contributed by atoms with van der Waals surface area (Å²) in [5, 5.41) is 17.8. The van der Waals surface area contributed by atoms with Crippen LogP contribution in [0, 0.1) is 18.3 Å². The fraction of sp³-hybridized carbons (Fsp3) is 0.0667. The molecule has 2 heterocycles. The van der Waals surface area contributed by atoms with Gasteiger partial charge in [-0.25, -0.2) is 9.67 Å². The Labute approximate surface area is 219 Å². The van der Waals surface area contributed by atoms with Gasteiger partial charge in [-0.05, 0) is 30.7 Å². The van der Waals surface area contributed by atoms with Crippen LogP contribution in [0.3, 0.4) is 0 Å². The highest BCUT2D eigenvalue weighted by Gasteiger charge is 2.16. The molecule has 7 heteroatoms. The van der Waals surface area contributed by atoms with Crippen molar-refractivity contribution < 1.29 is 4.79 Å². The van der Waals surface area contributed by atoms with Gasteiger partial charge >= 0.3 is 0 Å². The molecule has 3 aromatic carbocycles. The second-order valence-corrected chi connectivity index (χ2v) is 9.61. The molecular formula is C30H23N5OS. The summed E-state index contributed by atoms with van der Waals surface area (Å²) in [6.45, 7) is 2.06. The Morgan fingerprint density at radius 1 is 1.03 bits per heavy atom. The minimum absolute atomic E-state index is 0.0277. The molecule has 0 saturated carbocycles. The molecule has 0 spiro atoms. The van der Waals surface area contributed by atoms with E-state index >= 15 is 0 Å². The summed E-state index contributed by atoms with van der Waals surface area (Å²) in [4.78, 5) is 18.4. The highest BCUT2D eigenvalue weighted by Crippen LogP contribution is 2.27. The molecule has 0 fully saturated rings. The first kappa shape index (κ1) is 23.9. The number of nitrogens with one attached hydrogen (secondary N) is 1. The molecule has 37 heavy (non-hydrogen) atoms. The third kappa shape index (κ3) is 5.72. The van der Waals surface area contributed by atoms with Gasteiger partial charge in [0.25, 0.3) is 5.91 Å². The average molecular weight is 502 g/mol. The Morgan fingerprint density at radius 3 is 2.43 bits per heavy atom. The van der Waals surface area contributed by atoms with E-state index in [-0.39, 0.29) is 5.57 Å². The lowest BCUT2D eigenvalue weighted by molar-refractivity contribution is -0.112. The van der Waals surface area contributed by atoms with Crippen LogP contribution in [0.25, 0.3) is 23.0 Å². The van der Waals surface area contributed by atoms with Crippen LogP contribution >= 0.6 is 11.3 Å². The molecule has 5 rings (SSSR count). The van der Waals surface area contributed by atoms with Gasteiger partial charge < -0.3 is 0 Å². The van der Waals surface area contributed by atoms with E-state index in [1.54, 1.807) is 17.0 Å². The van der Waals surface area contributed by atoms with E-state index in [1.807, 2.05) is 72.9 Å². The number of nitrogens with zero attached hydrogens (tertiary/aromatic N) is 4. The molecule has 5 aromatic rings. The zero-order chi connectivity index (χ0) is 25.6. The van der Waals surface area contributed by atoms with Gasteiger partial charge in [0, 0.05) is 34.8 Å². The number of nitriles is 1. The van der Waals surface area contributed by atoms with Crippen molar-refractivity contribution in [2.45, 2.75) is 13.3 Å². The summed E-state index contributed by atoms with van der Waals surface area (Å²) in [7, 11) is 0. The normalized spacial score (nSPS) is 11.2. The molecule has 0 atom stereocenters. The standard InChI is InChI=1S/C30H23N5OS/c1-21-12-14-22(15-13-21)16-27-19-32-30(37-27)33-29(36)24(18-31)17-25-20-35(26-10-6-3-7-11-26)34-28(25)23-8-4-2-5-9-23/h2-15,17,19-20H,16H2,1H3,(H,32,33,36). The third-order valence-corrected chi connectivity index (χ3v) is 6.66. The molecule has 0 radical (unpaired) electrons. The smallest absolute Gasteiger partial charge is 0.268 e. The fourth-order valence-corrected chi connectivity index (χ4v) is 4.69. The van der Waals surface area contributed by atoms with Crippen molar-refractivity contribution in [2.75, 3.05) is 5.32 Å². The Kier molecular flexibility index (Phi) is 7.02. The van der Waals surface area contributed by atoms with E-state index in [0.717, 1.165) is 22.5 Å². The molecule has 1 N–H and O–H groups in total. The number of amides is 1. The SMILES string of the molecule is Cc1ccc(Cc2cnc(NC(=O)C(C#N)=Cc3cn(-c4ccccc4)nc3-c3ccccc3)s2)cc1. The first-order chi connectivity index (χ1) is 18.1.